The predicted molar refractivity (Wildman–Crippen MR) is 117 cm³/mol. The highest BCUT2D eigenvalue weighted by atomic mass is 16.5. The Morgan fingerprint density at radius 1 is 0.935 bits per heavy atom. The van der Waals surface area contributed by atoms with Crippen LogP contribution >= 0.6 is 0 Å². The monoisotopic (exact) mass is 416 g/mol. The number of urea groups is 1. The lowest BCUT2D eigenvalue weighted by molar-refractivity contribution is 0.103. The van der Waals surface area contributed by atoms with E-state index in [4.69, 9.17) is 4.74 Å². The lowest BCUT2D eigenvalue weighted by atomic mass is 10.0. The summed E-state index contributed by atoms with van der Waals surface area (Å²) in [5.74, 6) is 0.485. The molecule has 2 heterocycles. The van der Waals surface area contributed by atoms with Crippen molar-refractivity contribution in [2.24, 2.45) is 0 Å². The lowest BCUT2D eigenvalue weighted by Crippen LogP contribution is -2.51. The molecule has 1 atom stereocenters. The smallest absolute Gasteiger partial charge is 0.320 e. The van der Waals surface area contributed by atoms with E-state index in [-0.39, 0.29) is 11.8 Å². The zero-order chi connectivity index (χ0) is 21.5. The first-order chi connectivity index (χ1) is 15.2. The van der Waals surface area contributed by atoms with E-state index >= 15 is 0 Å². The Hall–Kier alpha value is -3.71. The summed E-state index contributed by atoms with van der Waals surface area (Å²) in [6.45, 7) is 2.79. The van der Waals surface area contributed by atoms with Crippen LogP contribution in [0.25, 0.3) is 0 Å². The summed E-state index contributed by atoms with van der Waals surface area (Å²) in [6, 6.07) is 19.6. The van der Waals surface area contributed by atoms with Crippen LogP contribution in [0.5, 0.6) is 5.75 Å². The quantitative estimate of drug-likeness (QED) is 0.477. The fraction of sp³-hybridized carbons (Fsp3) is 0.208. The van der Waals surface area contributed by atoms with Crippen LogP contribution in [0.3, 0.4) is 0 Å². The number of hydrogen-bond donors (Lipinski definition) is 2. The number of aromatic nitrogens is 1. The SMILES string of the molecule is O=C(c1ccccc1)c1ccc(C(NC(=O)N2CCNCC2)Oc2cccnc2)cc1. The second-order valence-corrected chi connectivity index (χ2v) is 7.19. The number of nitrogens with one attached hydrogen (secondary N) is 2. The van der Waals surface area contributed by atoms with Gasteiger partial charge in [-0.15, -0.1) is 0 Å². The van der Waals surface area contributed by atoms with Gasteiger partial charge in [0.05, 0.1) is 6.20 Å². The van der Waals surface area contributed by atoms with E-state index in [0.29, 0.717) is 30.0 Å². The molecule has 1 aliphatic rings. The largest absolute Gasteiger partial charge is 0.465 e. The zero-order valence-electron chi connectivity index (χ0n) is 17.0. The fourth-order valence-electron chi connectivity index (χ4n) is 3.37. The van der Waals surface area contributed by atoms with Gasteiger partial charge in [0.1, 0.15) is 5.75 Å². The van der Waals surface area contributed by atoms with Crippen molar-refractivity contribution in [2.75, 3.05) is 26.2 Å². The molecule has 0 radical (unpaired) electrons. The van der Waals surface area contributed by atoms with Gasteiger partial charge in [0.2, 0.25) is 0 Å². The van der Waals surface area contributed by atoms with Gasteiger partial charge in [0.15, 0.2) is 12.0 Å². The number of nitrogens with zero attached hydrogens (tertiary/aromatic N) is 2. The molecule has 2 N–H and O–H groups in total. The molecule has 7 nitrogen and oxygen atoms in total. The lowest BCUT2D eigenvalue weighted by Gasteiger charge is -2.30. The first kappa shape index (κ1) is 20.6. The summed E-state index contributed by atoms with van der Waals surface area (Å²) in [5, 5.41) is 6.19. The van der Waals surface area contributed by atoms with Crippen molar-refractivity contribution < 1.29 is 14.3 Å². The predicted octanol–water partition coefficient (Wildman–Crippen LogP) is 3.01. The van der Waals surface area contributed by atoms with Crippen LogP contribution in [0.4, 0.5) is 4.79 Å². The van der Waals surface area contributed by atoms with Crippen LogP contribution in [-0.2, 0) is 0 Å². The Morgan fingerprint density at radius 2 is 1.65 bits per heavy atom. The van der Waals surface area contributed by atoms with E-state index in [0.717, 1.165) is 18.7 Å². The molecule has 1 aromatic heterocycles. The van der Waals surface area contributed by atoms with Crippen LogP contribution in [0.1, 0.15) is 27.7 Å². The summed E-state index contributed by atoms with van der Waals surface area (Å²) in [4.78, 5) is 31.3. The summed E-state index contributed by atoms with van der Waals surface area (Å²) in [5.41, 5.74) is 1.94. The highest BCUT2D eigenvalue weighted by molar-refractivity contribution is 6.08. The Morgan fingerprint density at radius 3 is 2.32 bits per heavy atom. The molecular weight excluding hydrogens is 392 g/mol. The van der Waals surface area contributed by atoms with E-state index in [2.05, 4.69) is 15.6 Å². The number of benzene rings is 2. The molecule has 1 aliphatic heterocycles. The van der Waals surface area contributed by atoms with Crippen LogP contribution in [0.2, 0.25) is 0 Å². The molecular formula is C24H24N4O3. The summed E-state index contributed by atoms with van der Waals surface area (Å²) in [7, 11) is 0. The number of pyridine rings is 1. The van der Waals surface area contributed by atoms with Crippen molar-refractivity contribution >= 4 is 11.8 Å². The number of ether oxygens (including phenoxy) is 1. The second kappa shape index (κ2) is 9.86. The average molecular weight is 416 g/mol. The van der Waals surface area contributed by atoms with Gasteiger partial charge in [-0.05, 0) is 12.1 Å². The molecule has 7 heteroatoms. The number of rotatable bonds is 6. The van der Waals surface area contributed by atoms with E-state index in [1.165, 1.54) is 0 Å². The molecule has 2 amide bonds. The molecule has 31 heavy (non-hydrogen) atoms. The molecule has 3 aromatic rings. The Bertz CT molecular complexity index is 1000. The normalized spacial score (nSPS) is 14.5. The van der Waals surface area contributed by atoms with E-state index in [9.17, 15) is 9.59 Å². The maximum atomic E-state index is 12.8. The van der Waals surface area contributed by atoms with Gasteiger partial charge in [0, 0.05) is 49.1 Å². The minimum atomic E-state index is -0.715. The van der Waals surface area contributed by atoms with E-state index < -0.39 is 6.23 Å². The Labute approximate surface area is 181 Å². The van der Waals surface area contributed by atoms with Gasteiger partial charge in [0.25, 0.3) is 0 Å². The molecule has 1 unspecified atom stereocenters. The van der Waals surface area contributed by atoms with Crippen LogP contribution < -0.4 is 15.4 Å². The Kier molecular flexibility index (Phi) is 6.54. The third kappa shape index (κ3) is 5.26. The van der Waals surface area contributed by atoms with Gasteiger partial charge in [-0.1, -0.05) is 54.6 Å². The van der Waals surface area contributed by atoms with Crippen molar-refractivity contribution in [1.29, 1.82) is 0 Å². The molecule has 2 aromatic carbocycles. The minimum Gasteiger partial charge on any atom is -0.465 e. The summed E-state index contributed by atoms with van der Waals surface area (Å²) >= 11 is 0. The van der Waals surface area contributed by atoms with E-state index in [1.54, 1.807) is 65.8 Å². The third-order valence-corrected chi connectivity index (χ3v) is 5.06. The van der Waals surface area contributed by atoms with Crippen molar-refractivity contribution in [1.82, 2.24) is 20.5 Å². The molecule has 158 valence electrons. The number of ketones is 1. The number of amides is 2. The van der Waals surface area contributed by atoms with E-state index in [1.807, 2.05) is 18.2 Å². The van der Waals surface area contributed by atoms with Gasteiger partial charge in [-0.25, -0.2) is 4.79 Å². The summed E-state index contributed by atoms with van der Waals surface area (Å²) in [6.07, 6.45) is 2.54. The molecule has 0 aliphatic carbocycles. The number of hydrogen-bond acceptors (Lipinski definition) is 5. The number of carbonyl (C=O) groups excluding carboxylic acids is 2. The molecule has 1 fully saturated rings. The topological polar surface area (TPSA) is 83.6 Å². The highest BCUT2D eigenvalue weighted by Crippen LogP contribution is 2.21. The second-order valence-electron chi connectivity index (χ2n) is 7.19. The summed E-state index contributed by atoms with van der Waals surface area (Å²) < 4.78 is 6.03. The first-order valence-electron chi connectivity index (χ1n) is 10.2. The standard InChI is InChI=1S/C24H24N4O3/c29-22(18-5-2-1-3-6-18)19-8-10-20(11-9-19)23(31-21-7-4-12-26-17-21)27-24(30)28-15-13-25-14-16-28/h1-12,17,23,25H,13-16H2,(H,27,30). The molecule has 4 rings (SSSR count). The fourth-order valence-corrected chi connectivity index (χ4v) is 3.37. The molecule has 0 saturated carbocycles. The number of carbonyl (C=O) groups is 2. The van der Waals surface area contributed by atoms with Crippen molar-refractivity contribution in [3.63, 3.8) is 0 Å². The van der Waals surface area contributed by atoms with Crippen molar-refractivity contribution in [3.8, 4) is 5.75 Å². The van der Waals surface area contributed by atoms with Crippen molar-refractivity contribution in [3.05, 3.63) is 95.8 Å². The number of piperazine rings is 1. The van der Waals surface area contributed by atoms with Crippen LogP contribution in [-0.4, -0.2) is 47.9 Å². The van der Waals surface area contributed by atoms with Gasteiger partial charge in [-0.2, -0.15) is 0 Å². The highest BCUT2D eigenvalue weighted by Gasteiger charge is 2.22. The molecule has 0 bridgehead atoms. The van der Waals surface area contributed by atoms with Crippen LogP contribution in [0, 0.1) is 0 Å². The molecule has 1 saturated heterocycles. The van der Waals surface area contributed by atoms with Gasteiger partial charge < -0.3 is 15.0 Å². The van der Waals surface area contributed by atoms with Crippen molar-refractivity contribution in [2.45, 2.75) is 6.23 Å². The maximum Gasteiger partial charge on any atom is 0.320 e. The third-order valence-electron chi connectivity index (χ3n) is 5.06. The van der Waals surface area contributed by atoms with Gasteiger partial charge >= 0.3 is 6.03 Å². The van der Waals surface area contributed by atoms with Gasteiger partial charge in [-0.3, -0.25) is 15.1 Å². The maximum absolute atomic E-state index is 12.8. The average Bonchev–Trinajstić information content (AvgIpc) is 2.85. The first-order valence-corrected chi connectivity index (χ1v) is 10.2. The van der Waals surface area contributed by atoms with Crippen LogP contribution in [0.15, 0.2) is 79.1 Å². The Balaban J connectivity index is 1.53. The minimum absolute atomic E-state index is 0.0540. The zero-order valence-corrected chi connectivity index (χ0v) is 17.0. The molecule has 0 spiro atoms.